The van der Waals surface area contributed by atoms with Crippen LogP contribution in [0, 0.1) is 0 Å². The molecule has 2 aromatic rings. The van der Waals surface area contributed by atoms with E-state index in [9.17, 15) is 0 Å². The van der Waals surface area contributed by atoms with Crippen molar-refractivity contribution in [3.05, 3.63) is 53.1 Å². The van der Waals surface area contributed by atoms with Gasteiger partial charge in [0.15, 0.2) is 6.17 Å². The maximum Gasteiger partial charge on any atom is 0.198 e. The molecule has 0 spiro atoms. The summed E-state index contributed by atoms with van der Waals surface area (Å²) >= 11 is 1.73. The zero-order chi connectivity index (χ0) is 18.8. The summed E-state index contributed by atoms with van der Waals surface area (Å²) in [6, 6.07) is 4.20. The third-order valence-corrected chi connectivity index (χ3v) is 5.71. The SMILES string of the molecule is CCCn1cc(-c2cccs2)nc1CCC1=NC2C(OC)=CC=C(C)N2N1. The summed E-state index contributed by atoms with van der Waals surface area (Å²) in [4.78, 5) is 10.9. The molecule has 2 aromatic heterocycles. The van der Waals surface area contributed by atoms with Gasteiger partial charge in [0.1, 0.15) is 17.4 Å². The monoisotopic (exact) mass is 383 g/mol. The Bertz CT molecular complexity index is 894. The zero-order valence-corrected chi connectivity index (χ0v) is 16.8. The standard InChI is InChI=1S/C20H25N5OS/c1-4-11-24-13-15(17-6-5-12-27-17)21-19(24)10-9-18-22-20-16(26-3)8-7-14(2)25(20)23-18/h5-8,12-13,20H,4,9-11H2,1-3H3,(H,22,23). The van der Waals surface area contributed by atoms with Gasteiger partial charge in [-0.05, 0) is 36.9 Å². The molecule has 0 fully saturated rings. The topological polar surface area (TPSA) is 54.7 Å². The maximum atomic E-state index is 5.47. The van der Waals surface area contributed by atoms with Crippen molar-refractivity contribution >= 4 is 17.2 Å². The fourth-order valence-electron chi connectivity index (χ4n) is 3.43. The molecule has 2 aliphatic heterocycles. The van der Waals surface area contributed by atoms with Crippen molar-refractivity contribution < 1.29 is 4.74 Å². The number of hydrogen-bond donors (Lipinski definition) is 1. The Balaban J connectivity index is 1.49. The first-order chi connectivity index (χ1) is 13.2. The van der Waals surface area contributed by atoms with Crippen molar-refractivity contribution in [2.75, 3.05) is 7.11 Å². The number of aliphatic imine (C=N–C) groups is 1. The quantitative estimate of drug-likeness (QED) is 0.787. The van der Waals surface area contributed by atoms with E-state index in [1.54, 1.807) is 18.4 Å². The van der Waals surface area contributed by atoms with E-state index in [0.717, 1.165) is 54.6 Å². The van der Waals surface area contributed by atoms with Crippen molar-refractivity contribution in [3.63, 3.8) is 0 Å². The number of nitrogens with one attached hydrogen (secondary N) is 1. The molecule has 0 saturated carbocycles. The fourth-order valence-corrected chi connectivity index (χ4v) is 4.11. The van der Waals surface area contributed by atoms with Gasteiger partial charge in [-0.25, -0.2) is 9.98 Å². The molecule has 0 amide bonds. The molecule has 1 atom stereocenters. The molecule has 4 heterocycles. The number of imidazole rings is 1. The smallest absolute Gasteiger partial charge is 0.198 e. The van der Waals surface area contributed by atoms with Crippen LogP contribution in [0.1, 0.15) is 32.5 Å². The Hall–Kier alpha value is -2.54. The molecule has 6 nitrogen and oxygen atoms in total. The van der Waals surface area contributed by atoms with Crippen molar-refractivity contribution in [3.8, 4) is 10.6 Å². The van der Waals surface area contributed by atoms with Crippen LogP contribution >= 0.6 is 11.3 Å². The average molecular weight is 384 g/mol. The zero-order valence-electron chi connectivity index (χ0n) is 16.0. The molecule has 1 N–H and O–H groups in total. The van der Waals surface area contributed by atoms with E-state index in [2.05, 4.69) is 52.6 Å². The first kappa shape index (κ1) is 17.9. The van der Waals surface area contributed by atoms with Gasteiger partial charge in [-0.3, -0.25) is 10.4 Å². The molecule has 4 rings (SSSR count). The molecule has 7 heteroatoms. The van der Waals surface area contributed by atoms with Crippen LogP contribution in [-0.2, 0) is 17.7 Å². The molecule has 27 heavy (non-hydrogen) atoms. The van der Waals surface area contributed by atoms with Gasteiger partial charge < -0.3 is 9.30 Å². The molecule has 0 bridgehead atoms. The lowest BCUT2D eigenvalue weighted by Gasteiger charge is -2.29. The lowest BCUT2D eigenvalue weighted by atomic mass is 10.2. The van der Waals surface area contributed by atoms with E-state index in [1.807, 2.05) is 12.2 Å². The Labute approximate surface area is 163 Å². The van der Waals surface area contributed by atoms with Gasteiger partial charge >= 0.3 is 0 Å². The van der Waals surface area contributed by atoms with Gasteiger partial charge in [0.05, 0.1) is 17.7 Å². The summed E-state index contributed by atoms with van der Waals surface area (Å²) in [6.45, 7) is 5.26. The molecule has 0 radical (unpaired) electrons. The van der Waals surface area contributed by atoms with Crippen molar-refractivity contribution in [2.24, 2.45) is 4.99 Å². The van der Waals surface area contributed by atoms with Crippen LogP contribution in [0.3, 0.4) is 0 Å². The van der Waals surface area contributed by atoms with Gasteiger partial charge in [0, 0.05) is 31.3 Å². The van der Waals surface area contributed by atoms with Gasteiger partial charge in [-0.1, -0.05) is 13.0 Å². The number of rotatable bonds is 7. The number of aromatic nitrogens is 2. The Morgan fingerprint density at radius 3 is 2.93 bits per heavy atom. The Morgan fingerprint density at radius 2 is 2.19 bits per heavy atom. The largest absolute Gasteiger partial charge is 0.497 e. The predicted octanol–water partition coefficient (Wildman–Crippen LogP) is 3.95. The number of thiophene rings is 1. The van der Waals surface area contributed by atoms with E-state index in [-0.39, 0.29) is 6.17 Å². The van der Waals surface area contributed by atoms with E-state index in [4.69, 9.17) is 14.7 Å². The highest BCUT2D eigenvalue weighted by Gasteiger charge is 2.32. The molecule has 0 aliphatic carbocycles. The van der Waals surface area contributed by atoms with Crippen LogP contribution in [0.25, 0.3) is 10.6 Å². The summed E-state index contributed by atoms with van der Waals surface area (Å²) in [6.07, 6.45) is 8.87. The summed E-state index contributed by atoms with van der Waals surface area (Å²) in [5.74, 6) is 2.95. The second-order valence-electron chi connectivity index (χ2n) is 6.73. The maximum absolute atomic E-state index is 5.47. The van der Waals surface area contributed by atoms with Crippen LogP contribution in [-0.4, -0.2) is 33.7 Å². The van der Waals surface area contributed by atoms with E-state index in [0.29, 0.717) is 0 Å². The lowest BCUT2D eigenvalue weighted by molar-refractivity contribution is 0.175. The highest BCUT2D eigenvalue weighted by molar-refractivity contribution is 7.13. The molecule has 142 valence electrons. The van der Waals surface area contributed by atoms with Crippen LogP contribution < -0.4 is 5.43 Å². The fraction of sp³-hybridized carbons (Fsp3) is 0.400. The first-order valence-electron chi connectivity index (χ1n) is 9.34. The Morgan fingerprint density at radius 1 is 1.30 bits per heavy atom. The van der Waals surface area contributed by atoms with E-state index >= 15 is 0 Å². The number of ether oxygens (including phenoxy) is 1. The van der Waals surface area contributed by atoms with Crippen LogP contribution in [0.4, 0.5) is 0 Å². The lowest BCUT2D eigenvalue weighted by Crippen LogP contribution is -2.41. The normalized spacial score (nSPS) is 18.6. The minimum absolute atomic E-state index is 0.105. The van der Waals surface area contributed by atoms with Gasteiger partial charge in [-0.15, -0.1) is 11.3 Å². The first-order valence-corrected chi connectivity index (χ1v) is 10.2. The third-order valence-electron chi connectivity index (χ3n) is 4.81. The molecule has 2 aliphatic rings. The third kappa shape index (κ3) is 3.51. The number of fused-ring (bicyclic) bond motifs is 1. The summed E-state index contributed by atoms with van der Waals surface area (Å²) in [7, 11) is 1.69. The number of hydrogen-bond acceptors (Lipinski definition) is 6. The van der Waals surface area contributed by atoms with Gasteiger partial charge in [0.25, 0.3) is 0 Å². The van der Waals surface area contributed by atoms with E-state index < -0.39 is 0 Å². The minimum atomic E-state index is -0.105. The van der Waals surface area contributed by atoms with Crippen LogP contribution in [0.2, 0.25) is 0 Å². The highest BCUT2D eigenvalue weighted by atomic mass is 32.1. The highest BCUT2D eigenvalue weighted by Crippen LogP contribution is 2.27. The predicted molar refractivity (Wildman–Crippen MR) is 109 cm³/mol. The second-order valence-corrected chi connectivity index (χ2v) is 7.67. The summed E-state index contributed by atoms with van der Waals surface area (Å²) in [5.41, 5.74) is 5.62. The number of methoxy groups -OCH3 is 1. The van der Waals surface area contributed by atoms with Crippen LogP contribution in [0.15, 0.2) is 52.3 Å². The van der Waals surface area contributed by atoms with Gasteiger partial charge in [0.2, 0.25) is 0 Å². The average Bonchev–Trinajstić information content (AvgIpc) is 3.40. The van der Waals surface area contributed by atoms with Crippen LogP contribution in [0.5, 0.6) is 0 Å². The number of hydrazine groups is 1. The van der Waals surface area contributed by atoms with E-state index in [1.165, 1.54) is 4.88 Å². The number of amidine groups is 1. The number of aryl methyl sites for hydroxylation is 2. The molecule has 0 saturated heterocycles. The molecular weight excluding hydrogens is 358 g/mol. The summed E-state index contributed by atoms with van der Waals surface area (Å²) < 4.78 is 7.75. The minimum Gasteiger partial charge on any atom is -0.497 e. The number of nitrogens with zero attached hydrogens (tertiary/aromatic N) is 4. The second kappa shape index (κ2) is 7.60. The van der Waals surface area contributed by atoms with Gasteiger partial charge in [-0.2, -0.15) is 0 Å². The van der Waals surface area contributed by atoms with Crippen molar-refractivity contribution in [2.45, 2.75) is 45.8 Å². The Kier molecular flexibility index (Phi) is 5.03. The number of allylic oxidation sites excluding steroid dienone is 3. The molecule has 1 unspecified atom stereocenters. The van der Waals surface area contributed by atoms with Crippen molar-refractivity contribution in [1.82, 2.24) is 20.0 Å². The summed E-state index contributed by atoms with van der Waals surface area (Å²) in [5, 5.41) is 4.15. The molecule has 0 aromatic carbocycles. The molecular formula is C20H25N5OS. The van der Waals surface area contributed by atoms with Crippen molar-refractivity contribution in [1.29, 1.82) is 0 Å².